The van der Waals surface area contributed by atoms with Crippen molar-refractivity contribution in [1.82, 2.24) is 20.0 Å². The first-order chi connectivity index (χ1) is 17.3. The van der Waals surface area contributed by atoms with E-state index in [0.717, 1.165) is 17.3 Å². The Hall–Kier alpha value is -4.21. The number of hydrogen-bond acceptors (Lipinski definition) is 6. The van der Waals surface area contributed by atoms with E-state index in [9.17, 15) is 18.8 Å². The van der Waals surface area contributed by atoms with Crippen molar-refractivity contribution in [3.05, 3.63) is 93.2 Å². The molecule has 0 fully saturated rings. The van der Waals surface area contributed by atoms with Crippen LogP contribution < -0.4 is 15.5 Å². The fourth-order valence-electron chi connectivity index (χ4n) is 4.51. The Morgan fingerprint density at radius 1 is 1.19 bits per heavy atom. The lowest BCUT2D eigenvalue weighted by atomic mass is 9.83. The summed E-state index contributed by atoms with van der Waals surface area (Å²) in [6.07, 6.45) is 0.322. The number of carbonyl (C=O) groups is 2. The van der Waals surface area contributed by atoms with Gasteiger partial charge in [0.15, 0.2) is 5.69 Å². The molecule has 1 aliphatic heterocycles. The summed E-state index contributed by atoms with van der Waals surface area (Å²) >= 11 is 0. The number of halogens is 1. The number of benzene rings is 2. The van der Waals surface area contributed by atoms with Gasteiger partial charge < -0.3 is 19.7 Å². The van der Waals surface area contributed by atoms with Gasteiger partial charge in [-0.25, -0.2) is 9.18 Å². The second kappa shape index (κ2) is 10.6. The fraction of sp³-hybridized carbons (Fsp3) is 0.308. The molecular weight excluding hydrogens is 467 g/mol. The van der Waals surface area contributed by atoms with Crippen molar-refractivity contribution in [2.24, 2.45) is 0 Å². The van der Waals surface area contributed by atoms with E-state index in [1.54, 1.807) is 11.0 Å². The van der Waals surface area contributed by atoms with Gasteiger partial charge in [0, 0.05) is 26.1 Å². The fourth-order valence-corrected chi connectivity index (χ4v) is 4.51. The molecule has 2 aromatic carbocycles. The number of aromatic nitrogens is 2. The number of likely N-dealkylation sites (N-methyl/N-ethyl adjacent to an activating group) is 1. The van der Waals surface area contributed by atoms with Crippen LogP contribution in [0.2, 0.25) is 0 Å². The van der Waals surface area contributed by atoms with Crippen molar-refractivity contribution in [1.29, 1.82) is 0 Å². The van der Waals surface area contributed by atoms with Crippen LogP contribution in [0.3, 0.4) is 0 Å². The number of aryl methyl sites for hydroxylation is 1. The lowest BCUT2D eigenvalue weighted by molar-refractivity contribution is 0.0521. The minimum Gasteiger partial charge on any atom is -0.451 e. The third-order valence-corrected chi connectivity index (χ3v) is 6.15. The minimum atomic E-state index is -0.747. The molecule has 0 aliphatic carbocycles. The van der Waals surface area contributed by atoms with Gasteiger partial charge in [-0.1, -0.05) is 42.0 Å². The predicted molar refractivity (Wildman–Crippen MR) is 130 cm³/mol. The Balaban J connectivity index is 1.88. The lowest BCUT2D eigenvalue weighted by Crippen LogP contribution is -2.47. The summed E-state index contributed by atoms with van der Waals surface area (Å²) in [5.41, 5.74) is 1.97. The van der Waals surface area contributed by atoms with E-state index >= 15 is 0 Å². The van der Waals surface area contributed by atoms with E-state index in [2.05, 4.69) is 10.4 Å². The third-order valence-electron chi connectivity index (χ3n) is 6.15. The molecule has 2 atom stereocenters. The van der Waals surface area contributed by atoms with Gasteiger partial charge in [0.2, 0.25) is 18.0 Å². The van der Waals surface area contributed by atoms with Crippen LogP contribution in [0.15, 0.2) is 59.5 Å². The average Bonchev–Trinajstić information content (AvgIpc) is 2.86. The van der Waals surface area contributed by atoms with E-state index in [1.165, 1.54) is 23.9 Å². The molecule has 0 spiro atoms. The van der Waals surface area contributed by atoms with E-state index in [4.69, 9.17) is 9.47 Å². The standard InChI is InChI=1S/C26H27FN4O5/c1-4-30-14-20(22(17-8-5-7-16(2)11-17)18-9-6-10-19(27)12-18)31-23(25(30)33)24(21(32)13-29-31)35-15-36-26(34)28-3/h5-13,20,22H,4,14-15H2,1-3H3,(H,28,34)/t20-,22?/m1/s1. The summed E-state index contributed by atoms with van der Waals surface area (Å²) in [5.74, 6) is -1.47. The van der Waals surface area contributed by atoms with Crippen molar-refractivity contribution < 1.29 is 23.5 Å². The Morgan fingerprint density at radius 2 is 1.92 bits per heavy atom. The van der Waals surface area contributed by atoms with Crippen LogP contribution in [0, 0.1) is 12.7 Å². The van der Waals surface area contributed by atoms with Crippen molar-refractivity contribution in [3.63, 3.8) is 0 Å². The number of hydrogen-bond donors (Lipinski definition) is 1. The zero-order chi connectivity index (χ0) is 25.8. The second-order valence-corrected chi connectivity index (χ2v) is 8.43. The monoisotopic (exact) mass is 494 g/mol. The van der Waals surface area contributed by atoms with Crippen LogP contribution in [0.5, 0.6) is 5.75 Å². The first-order valence-corrected chi connectivity index (χ1v) is 11.5. The highest BCUT2D eigenvalue weighted by Crippen LogP contribution is 2.39. The summed E-state index contributed by atoms with van der Waals surface area (Å²) in [7, 11) is 1.39. The summed E-state index contributed by atoms with van der Waals surface area (Å²) in [6.45, 7) is 3.88. The minimum absolute atomic E-state index is 0.0461. The molecule has 0 saturated carbocycles. The lowest BCUT2D eigenvalue weighted by Gasteiger charge is -2.39. The molecule has 4 rings (SSSR count). The Morgan fingerprint density at radius 3 is 2.58 bits per heavy atom. The zero-order valence-corrected chi connectivity index (χ0v) is 20.2. The smallest absolute Gasteiger partial charge is 0.409 e. The number of amides is 2. The number of ether oxygens (including phenoxy) is 2. The number of fused-ring (bicyclic) bond motifs is 1. The number of carbonyl (C=O) groups excluding carboxylic acids is 2. The molecule has 0 radical (unpaired) electrons. The predicted octanol–water partition coefficient (Wildman–Crippen LogP) is 3.23. The van der Waals surface area contributed by atoms with Gasteiger partial charge in [-0.3, -0.25) is 14.3 Å². The van der Waals surface area contributed by atoms with Crippen LogP contribution in [-0.4, -0.2) is 53.6 Å². The van der Waals surface area contributed by atoms with Crippen LogP contribution in [0.1, 0.15) is 46.1 Å². The van der Waals surface area contributed by atoms with Crippen LogP contribution in [0.25, 0.3) is 0 Å². The molecule has 1 N–H and O–H groups in total. The summed E-state index contributed by atoms with van der Waals surface area (Å²) < 4.78 is 26.2. The molecule has 9 nitrogen and oxygen atoms in total. The largest absolute Gasteiger partial charge is 0.451 e. The number of nitrogens with zero attached hydrogens (tertiary/aromatic N) is 3. The molecule has 2 heterocycles. The second-order valence-electron chi connectivity index (χ2n) is 8.43. The molecule has 3 aromatic rings. The Kier molecular flexibility index (Phi) is 7.33. The normalized spacial score (nSPS) is 15.7. The zero-order valence-electron chi connectivity index (χ0n) is 20.2. The molecule has 2 amide bonds. The highest BCUT2D eigenvalue weighted by Gasteiger charge is 2.39. The third kappa shape index (κ3) is 4.93. The quantitative estimate of drug-likeness (QED) is 0.506. The molecule has 0 bridgehead atoms. The maximum Gasteiger partial charge on any atom is 0.409 e. The molecule has 10 heteroatoms. The van der Waals surface area contributed by atoms with Crippen molar-refractivity contribution in [2.45, 2.75) is 25.8 Å². The topological polar surface area (TPSA) is 103 Å². The Labute approximate surface area is 207 Å². The molecule has 188 valence electrons. The molecular formula is C26H27FN4O5. The molecule has 1 unspecified atom stereocenters. The van der Waals surface area contributed by atoms with Crippen LogP contribution >= 0.6 is 0 Å². The van der Waals surface area contributed by atoms with Crippen molar-refractivity contribution in [3.8, 4) is 5.75 Å². The molecule has 36 heavy (non-hydrogen) atoms. The Bertz CT molecular complexity index is 1300. The van der Waals surface area contributed by atoms with E-state index < -0.39 is 36.2 Å². The average molecular weight is 495 g/mol. The summed E-state index contributed by atoms with van der Waals surface area (Å²) in [5, 5.41) is 6.60. The maximum atomic E-state index is 14.3. The van der Waals surface area contributed by atoms with Crippen LogP contribution in [0.4, 0.5) is 9.18 Å². The van der Waals surface area contributed by atoms with Crippen molar-refractivity contribution >= 4 is 12.0 Å². The molecule has 1 aromatic heterocycles. The van der Waals surface area contributed by atoms with Gasteiger partial charge in [-0.15, -0.1) is 0 Å². The highest BCUT2D eigenvalue weighted by molar-refractivity contribution is 5.96. The SMILES string of the molecule is CCN1C[C@H](C(c2cccc(C)c2)c2cccc(F)c2)n2ncc(=O)c(OCOC(=O)NC)c2C1=O. The van der Waals surface area contributed by atoms with E-state index in [1.807, 2.05) is 44.2 Å². The van der Waals surface area contributed by atoms with Gasteiger partial charge >= 0.3 is 6.09 Å². The number of alkyl carbamates (subject to hydrolysis) is 1. The summed E-state index contributed by atoms with van der Waals surface area (Å²) in [4.78, 5) is 39.1. The van der Waals surface area contributed by atoms with Gasteiger partial charge in [-0.05, 0) is 37.1 Å². The van der Waals surface area contributed by atoms with Gasteiger partial charge in [0.1, 0.15) is 5.82 Å². The van der Waals surface area contributed by atoms with Crippen molar-refractivity contribution in [2.75, 3.05) is 26.9 Å². The van der Waals surface area contributed by atoms with E-state index in [0.29, 0.717) is 12.1 Å². The first-order valence-electron chi connectivity index (χ1n) is 11.5. The molecule has 0 saturated heterocycles. The van der Waals surface area contributed by atoms with Crippen LogP contribution in [-0.2, 0) is 4.74 Å². The highest BCUT2D eigenvalue weighted by atomic mass is 19.1. The maximum absolute atomic E-state index is 14.3. The number of nitrogens with one attached hydrogen (secondary N) is 1. The first kappa shape index (κ1) is 24.9. The molecule has 1 aliphatic rings. The summed E-state index contributed by atoms with van der Waals surface area (Å²) in [6, 6.07) is 13.7. The van der Waals surface area contributed by atoms with Gasteiger partial charge in [0.25, 0.3) is 5.91 Å². The van der Waals surface area contributed by atoms with E-state index in [-0.39, 0.29) is 23.8 Å². The van der Waals surface area contributed by atoms with Gasteiger partial charge in [0.05, 0.1) is 12.2 Å². The number of rotatable bonds is 7. The van der Waals surface area contributed by atoms with Gasteiger partial charge in [-0.2, -0.15) is 5.10 Å².